The van der Waals surface area contributed by atoms with Crippen molar-refractivity contribution in [3.8, 4) is 0 Å². The predicted molar refractivity (Wildman–Crippen MR) is 94.6 cm³/mol. The van der Waals surface area contributed by atoms with E-state index in [9.17, 15) is 22.8 Å². The van der Waals surface area contributed by atoms with Gasteiger partial charge in [0.05, 0.1) is 17.7 Å². The quantitative estimate of drug-likeness (QED) is 0.632. The monoisotopic (exact) mass is 398 g/mol. The largest absolute Gasteiger partial charge is 0.462 e. The summed E-state index contributed by atoms with van der Waals surface area (Å²) in [6.45, 7) is 3.16. The van der Waals surface area contributed by atoms with E-state index in [1.165, 1.54) is 11.3 Å². The molecule has 2 aromatic rings. The van der Waals surface area contributed by atoms with Gasteiger partial charge in [0.25, 0.3) is 5.91 Å². The first kappa shape index (κ1) is 19.4. The van der Waals surface area contributed by atoms with Crippen LogP contribution in [0.4, 0.5) is 18.2 Å². The Morgan fingerprint density at radius 1 is 1.26 bits per heavy atom. The summed E-state index contributed by atoms with van der Waals surface area (Å²) in [5.74, 6) is -6.23. The molecule has 1 aromatic heterocycles. The highest BCUT2D eigenvalue weighted by Gasteiger charge is 2.29. The molecular weight excluding hydrogens is 381 g/mol. The first-order chi connectivity index (χ1) is 12.8. The number of carbonyl (C=O) groups is 2. The van der Waals surface area contributed by atoms with Gasteiger partial charge in [0.15, 0.2) is 17.5 Å². The van der Waals surface area contributed by atoms with E-state index in [2.05, 4.69) is 10.2 Å². The lowest BCUT2D eigenvalue weighted by Crippen LogP contribution is -2.26. The lowest BCUT2D eigenvalue weighted by Gasteiger charge is -2.22. The van der Waals surface area contributed by atoms with Gasteiger partial charge in [0.2, 0.25) is 0 Å². The number of hydrogen-bond donors (Lipinski definition) is 1. The van der Waals surface area contributed by atoms with E-state index in [1.807, 2.05) is 7.05 Å². The molecule has 0 saturated carbocycles. The average molecular weight is 398 g/mol. The second kappa shape index (κ2) is 7.69. The number of anilines is 1. The SMILES string of the molecule is CCOC(=O)c1c(NC(=O)c2ccc(F)c(F)c2F)sc2c1CCN(C)C2. The number of benzene rings is 1. The summed E-state index contributed by atoms with van der Waals surface area (Å²) in [5, 5.41) is 2.67. The highest BCUT2D eigenvalue weighted by Crippen LogP contribution is 2.37. The molecule has 9 heteroatoms. The first-order valence-electron chi connectivity index (χ1n) is 8.28. The topological polar surface area (TPSA) is 58.6 Å². The number of esters is 1. The van der Waals surface area contributed by atoms with Crippen LogP contribution in [-0.2, 0) is 17.7 Å². The standard InChI is InChI=1S/C18H17F3N2O3S/c1-3-26-18(25)13-9-6-7-23(2)8-12(9)27-17(13)22-16(24)10-4-5-11(19)15(21)14(10)20/h4-5H,3,6-8H2,1-2H3,(H,22,24). The highest BCUT2D eigenvalue weighted by atomic mass is 32.1. The van der Waals surface area contributed by atoms with Crippen molar-refractivity contribution in [1.29, 1.82) is 0 Å². The Morgan fingerprint density at radius 2 is 2.00 bits per heavy atom. The maximum atomic E-state index is 13.9. The minimum absolute atomic E-state index is 0.161. The van der Waals surface area contributed by atoms with Crippen LogP contribution >= 0.6 is 11.3 Å². The van der Waals surface area contributed by atoms with Gasteiger partial charge in [-0.15, -0.1) is 11.3 Å². The van der Waals surface area contributed by atoms with Crippen LogP contribution in [0.25, 0.3) is 0 Å². The van der Waals surface area contributed by atoms with Gasteiger partial charge < -0.3 is 15.0 Å². The number of hydrogen-bond acceptors (Lipinski definition) is 5. The number of carbonyl (C=O) groups excluding carboxylic acids is 2. The second-order valence-corrected chi connectivity index (χ2v) is 7.20. The Morgan fingerprint density at radius 3 is 2.70 bits per heavy atom. The molecule has 0 radical (unpaired) electrons. The number of fused-ring (bicyclic) bond motifs is 1. The molecule has 0 aliphatic carbocycles. The molecule has 0 bridgehead atoms. The molecule has 0 unspecified atom stereocenters. The number of thiophene rings is 1. The summed E-state index contributed by atoms with van der Waals surface area (Å²) in [6, 6.07) is 1.53. The lowest BCUT2D eigenvalue weighted by molar-refractivity contribution is 0.0526. The Hall–Kier alpha value is -2.39. The molecule has 1 aliphatic heterocycles. The Kier molecular flexibility index (Phi) is 5.52. The summed E-state index contributed by atoms with van der Waals surface area (Å²) in [5.41, 5.74) is 0.381. The fraction of sp³-hybridized carbons (Fsp3) is 0.333. The van der Waals surface area contributed by atoms with Crippen LogP contribution in [0, 0.1) is 17.5 Å². The number of ether oxygens (including phenoxy) is 1. The van der Waals surface area contributed by atoms with Gasteiger partial charge >= 0.3 is 5.97 Å². The molecular formula is C18H17F3N2O3S. The lowest BCUT2D eigenvalue weighted by atomic mass is 10.0. The molecule has 0 fully saturated rings. The van der Waals surface area contributed by atoms with Crippen molar-refractivity contribution in [3.05, 3.63) is 51.2 Å². The number of likely N-dealkylation sites (N-methyl/N-ethyl adjacent to an activating group) is 1. The Labute approximate surface area is 157 Å². The van der Waals surface area contributed by atoms with Crippen molar-refractivity contribution in [2.75, 3.05) is 25.5 Å². The van der Waals surface area contributed by atoms with E-state index in [-0.39, 0.29) is 17.2 Å². The molecule has 0 saturated heterocycles. The molecule has 1 amide bonds. The van der Waals surface area contributed by atoms with Crippen LogP contribution in [0.15, 0.2) is 12.1 Å². The molecule has 1 aromatic carbocycles. The van der Waals surface area contributed by atoms with Gasteiger partial charge in [-0.2, -0.15) is 0 Å². The van der Waals surface area contributed by atoms with Crippen LogP contribution in [0.5, 0.6) is 0 Å². The fourth-order valence-electron chi connectivity index (χ4n) is 2.91. The average Bonchev–Trinajstić information content (AvgIpc) is 2.96. The zero-order valence-electron chi connectivity index (χ0n) is 14.7. The van der Waals surface area contributed by atoms with Gasteiger partial charge in [-0.1, -0.05) is 0 Å². The van der Waals surface area contributed by atoms with Crippen LogP contribution in [0.2, 0.25) is 0 Å². The molecule has 27 heavy (non-hydrogen) atoms. The van der Waals surface area contributed by atoms with E-state index < -0.39 is 34.9 Å². The predicted octanol–water partition coefficient (Wildman–Crippen LogP) is 3.58. The third-order valence-electron chi connectivity index (χ3n) is 4.23. The Balaban J connectivity index is 1.98. The molecule has 1 N–H and O–H groups in total. The fourth-order valence-corrected chi connectivity index (χ4v) is 4.22. The minimum Gasteiger partial charge on any atom is -0.462 e. The van der Waals surface area contributed by atoms with E-state index in [0.29, 0.717) is 19.0 Å². The zero-order chi connectivity index (χ0) is 19.7. The summed E-state index contributed by atoms with van der Waals surface area (Å²) in [7, 11) is 1.93. The summed E-state index contributed by atoms with van der Waals surface area (Å²) >= 11 is 1.19. The number of halogens is 3. The van der Waals surface area contributed by atoms with Crippen molar-refractivity contribution in [2.45, 2.75) is 19.9 Å². The van der Waals surface area contributed by atoms with Crippen LogP contribution in [0.1, 0.15) is 38.1 Å². The van der Waals surface area contributed by atoms with Crippen LogP contribution < -0.4 is 5.32 Å². The maximum Gasteiger partial charge on any atom is 0.341 e. The van der Waals surface area contributed by atoms with E-state index in [1.54, 1.807) is 6.92 Å². The van der Waals surface area contributed by atoms with Crippen molar-refractivity contribution in [3.63, 3.8) is 0 Å². The molecule has 0 atom stereocenters. The van der Waals surface area contributed by atoms with Crippen molar-refractivity contribution < 1.29 is 27.5 Å². The molecule has 2 heterocycles. The summed E-state index contributed by atoms with van der Waals surface area (Å²) in [4.78, 5) is 27.8. The molecule has 1 aliphatic rings. The summed E-state index contributed by atoms with van der Waals surface area (Å²) < 4.78 is 45.5. The number of amides is 1. The van der Waals surface area contributed by atoms with Gasteiger partial charge in [0, 0.05) is 18.0 Å². The molecule has 3 rings (SSSR count). The number of nitrogens with one attached hydrogen (secondary N) is 1. The van der Waals surface area contributed by atoms with Gasteiger partial charge in [-0.05, 0) is 38.1 Å². The molecule has 5 nitrogen and oxygen atoms in total. The smallest absolute Gasteiger partial charge is 0.341 e. The van der Waals surface area contributed by atoms with E-state index in [4.69, 9.17) is 4.74 Å². The van der Waals surface area contributed by atoms with E-state index in [0.717, 1.165) is 23.1 Å². The van der Waals surface area contributed by atoms with Crippen LogP contribution in [0.3, 0.4) is 0 Å². The molecule has 144 valence electrons. The highest BCUT2D eigenvalue weighted by molar-refractivity contribution is 7.17. The van der Waals surface area contributed by atoms with Crippen molar-refractivity contribution in [1.82, 2.24) is 4.90 Å². The summed E-state index contributed by atoms with van der Waals surface area (Å²) in [6.07, 6.45) is 0.603. The first-order valence-corrected chi connectivity index (χ1v) is 9.10. The zero-order valence-corrected chi connectivity index (χ0v) is 15.5. The van der Waals surface area contributed by atoms with Gasteiger partial charge in [-0.25, -0.2) is 18.0 Å². The van der Waals surface area contributed by atoms with Crippen molar-refractivity contribution in [2.24, 2.45) is 0 Å². The minimum atomic E-state index is -1.72. The number of rotatable bonds is 4. The normalized spacial score (nSPS) is 14.0. The van der Waals surface area contributed by atoms with Gasteiger partial charge in [0.1, 0.15) is 5.00 Å². The van der Waals surface area contributed by atoms with Crippen LogP contribution in [-0.4, -0.2) is 37.0 Å². The van der Waals surface area contributed by atoms with Crippen molar-refractivity contribution >= 4 is 28.2 Å². The molecule has 0 spiro atoms. The van der Waals surface area contributed by atoms with Gasteiger partial charge in [-0.3, -0.25) is 4.79 Å². The Bertz CT molecular complexity index is 914. The van der Waals surface area contributed by atoms with E-state index >= 15 is 0 Å². The third kappa shape index (κ3) is 3.70. The maximum absolute atomic E-state index is 13.9. The number of nitrogens with zero attached hydrogens (tertiary/aromatic N) is 1. The third-order valence-corrected chi connectivity index (χ3v) is 5.37. The second-order valence-electron chi connectivity index (χ2n) is 6.09.